The summed E-state index contributed by atoms with van der Waals surface area (Å²) in [5.74, 6) is -3.11. The molecule has 0 aliphatic heterocycles. The molecule has 0 amide bonds. The van der Waals surface area contributed by atoms with E-state index < -0.39 is 23.3 Å². The molecule has 0 spiro atoms. The fourth-order valence-electron chi connectivity index (χ4n) is 4.57. The van der Waals surface area contributed by atoms with Crippen LogP contribution < -0.4 is 0 Å². The van der Waals surface area contributed by atoms with Gasteiger partial charge < -0.3 is 14.6 Å². The third-order valence-corrected chi connectivity index (χ3v) is 5.81. The molecule has 5 heteroatoms. The Morgan fingerprint density at radius 3 is 2.29 bits per heavy atom. The highest BCUT2D eigenvalue weighted by molar-refractivity contribution is 6.11. The van der Waals surface area contributed by atoms with Gasteiger partial charge in [-0.05, 0) is 22.4 Å². The number of carboxylic acids is 2. The molecular formula is C23H16O5. The van der Waals surface area contributed by atoms with E-state index >= 15 is 0 Å². The maximum Gasteiger partial charge on any atom is 0.322 e. The van der Waals surface area contributed by atoms with Gasteiger partial charge in [-0.3, -0.25) is 9.59 Å². The molecule has 1 aromatic heterocycles. The van der Waals surface area contributed by atoms with E-state index in [1.807, 2.05) is 42.5 Å². The molecule has 1 atom stereocenters. The molecule has 28 heavy (non-hydrogen) atoms. The predicted molar refractivity (Wildman–Crippen MR) is 103 cm³/mol. The summed E-state index contributed by atoms with van der Waals surface area (Å²) in [5, 5.41) is 22.8. The van der Waals surface area contributed by atoms with Crippen molar-refractivity contribution in [3.63, 3.8) is 0 Å². The van der Waals surface area contributed by atoms with Gasteiger partial charge >= 0.3 is 11.9 Å². The van der Waals surface area contributed by atoms with Crippen molar-refractivity contribution in [3.8, 4) is 0 Å². The van der Waals surface area contributed by atoms with E-state index in [2.05, 4.69) is 0 Å². The van der Waals surface area contributed by atoms with Gasteiger partial charge in [-0.1, -0.05) is 60.7 Å². The minimum atomic E-state index is -2.00. The Balaban J connectivity index is 1.92. The van der Waals surface area contributed by atoms with Crippen molar-refractivity contribution in [3.05, 3.63) is 83.6 Å². The van der Waals surface area contributed by atoms with Crippen LogP contribution in [0.4, 0.5) is 0 Å². The molecule has 1 aliphatic carbocycles. The van der Waals surface area contributed by atoms with Gasteiger partial charge in [0.2, 0.25) is 0 Å². The van der Waals surface area contributed by atoms with Crippen LogP contribution in [0.3, 0.4) is 0 Å². The fraction of sp³-hybridized carbons (Fsp3) is 0.130. The number of hydrogen-bond donors (Lipinski definition) is 2. The van der Waals surface area contributed by atoms with Crippen molar-refractivity contribution in [1.29, 1.82) is 0 Å². The summed E-state index contributed by atoms with van der Waals surface area (Å²) in [4.78, 5) is 24.6. The van der Waals surface area contributed by atoms with Crippen LogP contribution in [0.2, 0.25) is 0 Å². The van der Waals surface area contributed by atoms with Crippen molar-refractivity contribution in [2.45, 2.75) is 12.3 Å². The second-order valence-electron chi connectivity index (χ2n) is 7.20. The number of rotatable bonds is 3. The Morgan fingerprint density at radius 2 is 1.57 bits per heavy atom. The Kier molecular flexibility index (Phi) is 3.37. The van der Waals surface area contributed by atoms with Crippen LogP contribution in [0.1, 0.15) is 22.8 Å². The summed E-state index contributed by atoms with van der Waals surface area (Å²) < 4.78 is 6.00. The fourth-order valence-corrected chi connectivity index (χ4v) is 4.57. The molecule has 5 rings (SSSR count). The van der Waals surface area contributed by atoms with Gasteiger partial charge in [-0.15, -0.1) is 0 Å². The topological polar surface area (TPSA) is 87.7 Å². The number of furan rings is 1. The van der Waals surface area contributed by atoms with Crippen LogP contribution in [0.5, 0.6) is 0 Å². The second-order valence-corrected chi connectivity index (χ2v) is 7.20. The molecule has 4 aromatic rings. The van der Waals surface area contributed by atoms with Crippen molar-refractivity contribution < 1.29 is 24.2 Å². The van der Waals surface area contributed by atoms with Gasteiger partial charge in [0.1, 0.15) is 11.3 Å². The molecule has 0 radical (unpaired) electrons. The normalized spacial score (nSPS) is 17.6. The van der Waals surface area contributed by atoms with Crippen molar-refractivity contribution >= 4 is 33.7 Å². The Morgan fingerprint density at radius 1 is 0.893 bits per heavy atom. The first-order valence-corrected chi connectivity index (χ1v) is 8.99. The molecule has 1 heterocycles. The maximum atomic E-state index is 12.3. The summed E-state index contributed by atoms with van der Waals surface area (Å²) in [6.07, 6.45) is -0.185. The number of carboxylic acid groups (broad SMARTS) is 2. The molecule has 1 aliphatic rings. The van der Waals surface area contributed by atoms with Crippen molar-refractivity contribution in [2.24, 2.45) is 5.41 Å². The first-order chi connectivity index (χ1) is 13.5. The Bertz CT molecular complexity index is 1240. The van der Waals surface area contributed by atoms with Crippen LogP contribution in [0, 0.1) is 5.41 Å². The number of hydrogen-bond acceptors (Lipinski definition) is 3. The average molecular weight is 372 g/mol. The quantitative estimate of drug-likeness (QED) is 0.520. The van der Waals surface area contributed by atoms with E-state index in [9.17, 15) is 19.8 Å². The maximum absolute atomic E-state index is 12.3. The molecule has 0 bridgehead atoms. The van der Waals surface area contributed by atoms with Crippen LogP contribution >= 0.6 is 0 Å². The second kappa shape index (κ2) is 5.70. The monoisotopic (exact) mass is 372 g/mol. The molecule has 5 nitrogen and oxygen atoms in total. The van der Waals surface area contributed by atoms with Crippen molar-refractivity contribution in [1.82, 2.24) is 0 Å². The van der Waals surface area contributed by atoms with Crippen LogP contribution in [-0.2, 0) is 16.0 Å². The highest BCUT2D eigenvalue weighted by Gasteiger charge is 2.60. The number of aliphatic carboxylic acids is 2. The van der Waals surface area contributed by atoms with Crippen LogP contribution in [0.15, 0.2) is 71.1 Å². The highest BCUT2D eigenvalue weighted by atomic mass is 16.4. The lowest BCUT2D eigenvalue weighted by molar-refractivity contribution is -0.165. The molecule has 0 saturated carbocycles. The molecule has 1 unspecified atom stereocenters. The minimum Gasteiger partial charge on any atom is -0.480 e. The van der Waals surface area contributed by atoms with Crippen molar-refractivity contribution in [2.75, 3.05) is 0 Å². The number of carbonyl (C=O) groups is 2. The molecule has 0 saturated heterocycles. The number of benzene rings is 3. The lowest BCUT2D eigenvalue weighted by atomic mass is 9.72. The van der Waals surface area contributed by atoms with Gasteiger partial charge in [-0.2, -0.15) is 0 Å². The van der Waals surface area contributed by atoms with E-state index in [0.717, 1.165) is 16.2 Å². The molecular weight excluding hydrogens is 356 g/mol. The summed E-state index contributed by atoms with van der Waals surface area (Å²) >= 11 is 0. The zero-order valence-electron chi connectivity index (χ0n) is 14.8. The zero-order valence-corrected chi connectivity index (χ0v) is 14.8. The van der Waals surface area contributed by atoms with E-state index in [1.165, 1.54) is 0 Å². The first kappa shape index (κ1) is 16.6. The van der Waals surface area contributed by atoms with Crippen LogP contribution in [0.25, 0.3) is 21.7 Å². The van der Waals surface area contributed by atoms with Gasteiger partial charge in [0, 0.05) is 23.3 Å². The largest absolute Gasteiger partial charge is 0.480 e. The highest BCUT2D eigenvalue weighted by Crippen LogP contribution is 2.55. The smallest absolute Gasteiger partial charge is 0.322 e. The minimum absolute atomic E-state index is 0.185. The van der Waals surface area contributed by atoms with E-state index in [1.54, 1.807) is 24.3 Å². The summed E-state index contributed by atoms with van der Waals surface area (Å²) in [7, 11) is 0. The Labute approximate surface area is 159 Å². The third kappa shape index (κ3) is 2.01. The molecule has 2 N–H and O–H groups in total. The van der Waals surface area contributed by atoms with E-state index in [0.29, 0.717) is 22.5 Å². The summed E-state index contributed by atoms with van der Waals surface area (Å²) in [6.45, 7) is 0. The molecule has 138 valence electrons. The van der Waals surface area contributed by atoms with E-state index in [4.69, 9.17) is 4.42 Å². The van der Waals surface area contributed by atoms with E-state index in [-0.39, 0.29) is 6.42 Å². The summed E-state index contributed by atoms with van der Waals surface area (Å²) in [5.41, 5.74) is -0.0285. The van der Waals surface area contributed by atoms with Gasteiger partial charge in [0.15, 0.2) is 5.41 Å². The number of fused-ring (bicyclic) bond motifs is 5. The Hall–Kier alpha value is -3.60. The summed E-state index contributed by atoms with van der Waals surface area (Å²) in [6, 6.07) is 20.6. The SMILES string of the molecule is O=C(O)C1(C(=O)O)Cc2oc3ccc4ccccc4c3c2C1c1ccccc1. The predicted octanol–water partition coefficient (Wildman–Crippen LogP) is 4.43. The van der Waals surface area contributed by atoms with Crippen LogP contribution in [-0.4, -0.2) is 22.2 Å². The third-order valence-electron chi connectivity index (χ3n) is 5.81. The lowest BCUT2D eigenvalue weighted by Gasteiger charge is -2.28. The molecule has 0 fully saturated rings. The lowest BCUT2D eigenvalue weighted by Crippen LogP contribution is -2.43. The van der Waals surface area contributed by atoms with Gasteiger partial charge in [0.25, 0.3) is 0 Å². The van der Waals surface area contributed by atoms with Gasteiger partial charge in [-0.25, -0.2) is 0 Å². The standard InChI is InChI=1S/C23H16O5/c24-21(25)23(22(26)27)12-17-19(20(23)14-7-2-1-3-8-14)18-15-9-5-4-6-13(15)10-11-16(18)28-17/h1-11,20H,12H2,(H,24,25)(H,26,27). The zero-order chi connectivity index (χ0) is 19.5. The molecule has 3 aromatic carbocycles. The average Bonchev–Trinajstić information content (AvgIpc) is 3.22. The van der Waals surface area contributed by atoms with Gasteiger partial charge in [0.05, 0.1) is 0 Å². The first-order valence-electron chi connectivity index (χ1n) is 8.99.